The first-order chi connectivity index (χ1) is 35.7. The summed E-state index contributed by atoms with van der Waals surface area (Å²) < 4.78 is 114. The van der Waals surface area contributed by atoms with Gasteiger partial charge in [-0.1, -0.05) is 11.6 Å². The van der Waals surface area contributed by atoms with Gasteiger partial charge in [0.15, 0.2) is 40.1 Å². The van der Waals surface area contributed by atoms with E-state index in [1.54, 1.807) is 30.8 Å². The van der Waals surface area contributed by atoms with E-state index in [1.807, 2.05) is 26.0 Å². The number of rotatable bonds is 8. The summed E-state index contributed by atoms with van der Waals surface area (Å²) in [6.45, 7) is 0. The molecule has 12 rings (SSSR count). The molecule has 0 saturated heterocycles. The van der Waals surface area contributed by atoms with Crippen LogP contribution in [0.1, 0.15) is 58.0 Å². The van der Waals surface area contributed by atoms with Crippen molar-refractivity contribution in [3.8, 4) is 34.2 Å². The van der Waals surface area contributed by atoms with E-state index >= 15 is 0 Å². The Labute approximate surface area is 470 Å². The monoisotopic (exact) mass is 1150 g/mol. The summed E-state index contributed by atoms with van der Waals surface area (Å²) >= 11 is 21.0. The number of benzene rings is 3. The number of fused-ring (bicyclic) bond motifs is 3. The summed E-state index contributed by atoms with van der Waals surface area (Å²) in [5.41, 5.74) is 5.15. The predicted octanol–water partition coefficient (Wildman–Crippen LogP) is 9.61. The van der Waals surface area contributed by atoms with Crippen LogP contribution in [0.4, 0.5) is 30.7 Å². The van der Waals surface area contributed by atoms with Crippen LogP contribution in [-0.2, 0) is 23.4 Å². The quantitative estimate of drug-likeness (QED) is 0.0469. The maximum Gasteiger partial charge on any atom is 1.00 e. The number of thioether (sulfide) groups is 1. The van der Waals surface area contributed by atoms with Gasteiger partial charge in [0.2, 0.25) is 0 Å². The van der Waals surface area contributed by atoms with Crippen molar-refractivity contribution in [3.05, 3.63) is 113 Å². The van der Waals surface area contributed by atoms with Crippen molar-refractivity contribution in [2.75, 3.05) is 31.3 Å². The van der Waals surface area contributed by atoms with Crippen molar-refractivity contribution in [3.63, 3.8) is 0 Å². The molecule has 13 nitrogen and oxygen atoms in total. The van der Waals surface area contributed by atoms with E-state index in [2.05, 4.69) is 58.2 Å². The maximum atomic E-state index is 13.6. The molecule has 0 N–H and O–H groups in total. The SMILES string of the molecule is CS(=O)c1cc(-c2nc3cc(F)c(F)cc3n2C2CC2)cnn1.CSc1cc(-c2nc3cc(F)c(F)cc3n2C2CC2)cnn1.C[S-].ClCCl.Fc1cc2nc(-c3cnnc(Cl)c3)n(C3CC3)c2cc1F.[2H]CF.[Na+]. The Balaban J connectivity index is 0.000000170. The number of alkyl halides is 3. The molecule has 6 aromatic heterocycles. The molecule has 3 aromatic carbocycles. The summed E-state index contributed by atoms with van der Waals surface area (Å²) in [5, 5.41) is 24.8. The van der Waals surface area contributed by atoms with Crippen LogP contribution in [0.5, 0.6) is 0 Å². The van der Waals surface area contributed by atoms with Gasteiger partial charge in [-0.2, -0.15) is 21.6 Å². The minimum atomic E-state index is -1.27. The minimum Gasteiger partial charge on any atom is -0.796 e. The molecule has 74 heavy (non-hydrogen) atoms. The van der Waals surface area contributed by atoms with Crippen LogP contribution >= 0.6 is 46.6 Å². The third kappa shape index (κ3) is 13.6. The molecule has 3 saturated carbocycles. The zero-order valence-electron chi connectivity index (χ0n) is 40.6. The van der Waals surface area contributed by atoms with Gasteiger partial charge in [0, 0.05) is 77.5 Å². The van der Waals surface area contributed by atoms with E-state index in [0.717, 1.165) is 67.3 Å². The van der Waals surface area contributed by atoms with E-state index in [-0.39, 0.29) is 58.2 Å². The van der Waals surface area contributed by atoms with Crippen molar-refractivity contribution >= 4 is 103 Å². The molecule has 27 heteroatoms. The minimum absolute atomic E-state index is 0. The summed E-state index contributed by atoms with van der Waals surface area (Å²) in [7, 11) is -2.27. The summed E-state index contributed by atoms with van der Waals surface area (Å²) in [4.78, 5) is 13.4. The second-order valence-corrected chi connectivity index (χ2v) is 19.3. The Kier molecular flexibility index (Phi) is 20.5. The molecule has 9 aromatic rings. The zero-order valence-corrected chi connectivity index (χ0v) is 46.3. The molecule has 3 fully saturated rings. The van der Waals surface area contributed by atoms with Crippen molar-refractivity contribution in [1.82, 2.24) is 59.2 Å². The van der Waals surface area contributed by atoms with Crippen LogP contribution in [0.3, 0.4) is 0 Å². The molecule has 1 unspecified atom stereocenters. The van der Waals surface area contributed by atoms with Crippen LogP contribution in [0.2, 0.25) is 5.15 Å². The smallest absolute Gasteiger partial charge is 0.796 e. The predicted molar refractivity (Wildman–Crippen MR) is 273 cm³/mol. The largest absolute Gasteiger partial charge is 1.00 e. The zero-order chi connectivity index (χ0) is 53.4. The van der Waals surface area contributed by atoms with Crippen LogP contribution < -0.4 is 29.6 Å². The topological polar surface area (TPSA) is 148 Å². The van der Waals surface area contributed by atoms with Gasteiger partial charge < -0.3 is 26.3 Å². The van der Waals surface area contributed by atoms with E-state index in [4.69, 9.17) is 36.2 Å². The third-order valence-corrected chi connectivity index (χ3v) is 12.7. The first kappa shape index (κ1) is 57.2. The Morgan fingerprint density at radius 3 is 1.27 bits per heavy atom. The Hall–Kier alpha value is -4.46. The first-order valence-electron chi connectivity index (χ1n) is 22.4. The number of hydrogen-bond acceptors (Lipinski definition) is 12. The molecular weight excluding hydrogens is 1110 g/mol. The number of aromatic nitrogens is 12. The fourth-order valence-corrected chi connectivity index (χ4v) is 8.62. The molecule has 1 atom stereocenters. The molecular formula is C47H41Cl3F7N12NaOS3. The summed E-state index contributed by atoms with van der Waals surface area (Å²) in [6.07, 6.45) is 15.6. The van der Waals surface area contributed by atoms with Crippen LogP contribution in [0.15, 0.2) is 83.2 Å². The molecule has 6 heterocycles. The van der Waals surface area contributed by atoms with E-state index < -0.39 is 52.9 Å². The fraction of sp³-hybridized carbons (Fsp3) is 0.298. The van der Waals surface area contributed by atoms with E-state index in [9.17, 15) is 34.9 Å². The first-order valence-corrected chi connectivity index (χ1v) is 26.7. The standard InChI is InChI=1S/C15H12F2N4OS.C15H12F2N4S.C14H9ClF2N4.CH2Cl2.CH3F.CH4S.Na/c1-23(22)14-4-8(7-18-20-14)15-19-12-5-10(16)11(17)6-13(12)21(15)9-2-3-9;1-22-14-4-8(7-18-20-14)15-19-12-5-10(16)11(17)6-13(12)21(15)9-2-3-9;15-13-3-7(6-18-20-13)14-19-11-4-9(16)10(17)5-12(11)21(14)8-1-2-8;2-1-3;2*1-2;/h4-7,9H,2-3H2,1H3;4-7,9H,2-3H2,1H3;3-6,8H,1-2H2;1H2;1H3;2H,1H3;/q;;;;;;+1/p-1/i;;;;1D;;. The molecule has 0 aliphatic heterocycles. The molecule has 0 bridgehead atoms. The van der Waals surface area contributed by atoms with Gasteiger partial charge in [-0.25, -0.2) is 41.3 Å². The van der Waals surface area contributed by atoms with Crippen molar-refractivity contribution in [2.24, 2.45) is 0 Å². The molecule has 3 aliphatic carbocycles. The number of hydrogen-bond donors (Lipinski definition) is 0. The molecule has 0 radical (unpaired) electrons. The Bertz CT molecular complexity index is 3460. The maximum absolute atomic E-state index is 13.6. The third-order valence-electron chi connectivity index (χ3n) is 11.1. The van der Waals surface area contributed by atoms with Crippen molar-refractivity contribution < 1.29 is 65.9 Å². The Morgan fingerprint density at radius 1 is 0.608 bits per heavy atom. The van der Waals surface area contributed by atoms with Gasteiger partial charge in [-0.05, 0) is 63.0 Å². The van der Waals surface area contributed by atoms with Crippen LogP contribution in [0, 0.1) is 34.9 Å². The number of halogens is 10. The average Bonchev–Trinajstić information content (AvgIpc) is 4.33. The fourth-order valence-electron chi connectivity index (χ4n) is 7.63. The van der Waals surface area contributed by atoms with E-state index in [0.29, 0.717) is 66.7 Å². The number of imidazole rings is 3. The van der Waals surface area contributed by atoms with Gasteiger partial charge in [0.25, 0.3) is 0 Å². The van der Waals surface area contributed by atoms with Gasteiger partial charge in [-0.3, -0.25) is 8.60 Å². The normalized spacial score (nSPS) is 14.1. The molecule has 0 amide bonds. The average molecular weight is 1150 g/mol. The van der Waals surface area contributed by atoms with Crippen LogP contribution in [0.25, 0.3) is 67.3 Å². The second kappa shape index (κ2) is 26.5. The van der Waals surface area contributed by atoms with Gasteiger partial charge in [0.1, 0.15) is 27.5 Å². The van der Waals surface area contributed by atoms with Crippen molar-refractivity contribution in [2.45, 2.75) is 66.7 Å². The summed E-state index contributed by atoms with van der Waals surface area (Å²) in [6, 6.07) is 12.9. The summed E-state index contributed by atoms with van der Waals surface area (Å²) in [5.74, 6) is -3.46. The van der Waals surface area contributed by atoms with Crippen molar-refractivity contribution in [1.29, 1.82) is 0 Å². The van der Waals surface area contributed by atoms with E-state index in [1.165, 1.54) is 42.4 Å². The van der Waals surface area contributed by atoms with Crippen LogP contribution in [-0.4, -0.2) is 94.7 Å². The molecule has 0 spiro atoms. The van der Waals surface area contributed by atoms with Gasteiger partial charge in [-0.15, -0.1) is 50.3 Å². The van der Waals surface area contributed by atoms with Gasteiger partial charge in [0.05, 0.1) is 76.4 Å². The Morgan fingerprint density at radius 2 is 0.932 bits per heavy atom. The molecule has 3 aliphatic rings. The number of nitrogens with zero attached hydrogens (tertiary/aromatic N) is 12. The molecule has 384 valence electrons. The van der Waals surface area contributed by atoms with Gasteiger partial charge >= 0.3 is 29.6 Å². The second-order valence-electron chi connectivity index (χ2n) is 16.0.